The number of halogens is 1. The van der Waals surface area contributed by atoms with Gasteiger partial charge in [-0.25, -0.2) is 4.39 Å². The third-order valence-electron chi connectivity index (χ3n) is 2.62. The first-order chi connectivity index (χ1) is 8.49. The Morgan fingerprint density at radius 3 is 2.61 bits per heavy atom. The van der Waals surface area contributed by atoms with Crippen molar-refractivity contribution in [2.24, 2.45) is 5.92 Å². The second-order valence-corrected chi connectivity index (χ2v) is 4.86. The predicted octanol–water partition coefficient (Wildman–Crippen LogP) is 1.46. The Hall–Kier alpha value is -0.905. The lowest BCUT2D eigenvalue weighted by Gasteiger charge is -2.08. The van der Waals surface area contributed by atoms with Gasteiger partial charge in [-0.1, -0.05) is 19.9 Å². The van der Waals surface area contributed by atoms with Gasteiger partial charge in [-0.3, -0.25) is 0 Å². The van der Waals surface area contributed by atoms with Gasteiger partial charge in [0.05, 0.1) is 6.61 Å². The smallest absolute Gasteiger partial charge is 0.423 e. The van der Waals surface area contributed by atoms with Gasteiger partial charge in [0.1, 0.15) is 5.82 Å². The Bertz CT molecular complexity index is 369. The molecule has 0 unspecified atom stereocenters. The summed E-state index contributed by atoms with van der Waals surface area (Å²) < 4.78 is 18.6. The van der Waals surface area contributed by atoms with E-state index in [4.69, 9.17) is 14.8 Å². The molecule has 3 nitrogen and oxygen atoms in total. The van der Waals surface area contributed by atoms with E-state index in [2.05, 4.69) is 13.8 Å². The summed E-state index contributed by atoms with van der Waals surface area (Å²) in [6.45, 7) is 5.23. The molecule has 0 aliphatic heterocycles. The lowest BCUT2D eigenvalue weighted by Crippen LogP contribution is -2.30. The van der Waals surface area contributed by atoms with Crippen LogP contribution in [0.15, 0.2) is 18.2 Å². The quantitative estimate of drug-likeness (QED) is 0.572. The Morgan fingerprint density at radius 1 is 1.28 bits per heavy atom. The lowest BCUT2D eigenvalue weighted by molar-refractivity contribution is 0.114. The van der Waals surface area contributed by atoms with Gasteiger partial charge in [0.15, 0.2) is 0 Å². The van der Waals surface area contributed by atoms with E-state index in [1.54, 1.807) is 0 Å². The average molecular weight is 254 g/mol. The van der Waals surface area contributed by atoms with Crippen LogP contribution >= 0.6 is 0 Å². The fourth-order valence-corrected chi connectivity index (χ4v) is 1.69. The van der Waals surface area contributed by atoms with Crippen LogP contribution in [0.2, 0.25) is 0 Å². The molecule has 0 saturated heterocycles. The van der Waals surface area contributed by atoms with Crippen LogP contribution in [0.1, 0.15) is 32.3 Å². The first kappa shape index (κ1) is 15.2. The van der Waals surface area contributed by atoms with Crippen molar-refractivity contribution in [2.45, 2.75) is 33.3 Å². The van der Waals surface area contributed by atoms with E-state index in [0.29, 0.717) is 18.1 Å². The highest BCUT2D eigenvalue weighted by atomic mass is 19.1. The molecule has 2 N–H and O–H groups in total. The Kier molecular flexibility index (Phi) is 6.32. The first-order valence-electron chi connectivity index (χ1n) is 6.22. The summed E-state index contributed by atoms with van der Waals surface area (Å²) in [4.78, 5) is 0. The minimum Gasteiger partial charge on any atom is -0.423 e. The minimum atomic E-state index is -1.65. The van der Waals surface area contributed by atoms with Crippen molar-refractivity contribution in [2.75, 3.05) is 6.61 Å². The number of hydrogen-bond donors (Lipinski definition) is 2. The highest BCUT2D eigenvalue weighted by Crippen LogP contribution is 2.07. The van der Waals surface area contributed by atoms with Crippen molar-refractivity contribution in [1.29, 1.82) is 0 Å². The van der Waals surface area contributed by atoms with E-state index in [-0.39, 0.29) is 12.1 Å². The fraction of sp³-hybridized carbons (Fsp3) is 0.538. The van der Waals surface area contributed by atoms with Crippen LogP contribution in [0.25, 0.3) is 0 Å². The summed E-state index contributed by atoms with van der Waals surface area (Å²) in [6, 6.07) is 3.98. The molecule has 0 amide bonds. The van der Waals surface area contributed by atoms with E-state index in [1.807, 2.05) is 0 Å². The van der Waals surface area contributed by atoms with E-state index >= 15 is 0 Å². The standard InChI is InChI=1S/C13H20BFO3/c1-10(2)4-3-5-18-9-11-6-12(14(16)17)8-13(15)7-11/h6-8,10,16-17H,3-5,9H2,1-2H3. The highest BCUT2D eigenvalue weighted by Gasteiger charge is 2.13. The minimum absolute atomic E-state index is 0.149. The van der Waals surface area contributed by atoms with Crippen molar-refractivity contribution in [3.05, 3.63) is 29.6 Å². The molecule has 0 spiro atoms. The van der Waals surface area contributed by atoms with Crippen LogP contribution in [0.5, 0.6) is 0 Å². The van der Waals surface area contributed by atoms with Crippen molar-refractivity contribution < 1.29 is 19.2 Å². The SMILES string of the molecule is CC(C)CCCOCc1cc(F)cc(B(O)O)c1. The zero-order chi connectivity index (χ0) is 13.5. The molecular weight excluding hydrogens is 234 g/mol. The number of hydrogen-bond acceptors (Lipinski definition) is 3. The fourth-order valence-electron chi connectivity index (χ4n) is 1.69. The third-order valence-corrected chi connectivity index (χ3v) is 2.62. The summed E-state index contributed by atoms with van der Waals surface area (Å²) in [5.74, 6) is 0.167. The average Bonchev–Trinajstić information content (AvgIpc) is 2.27. The Morgan fingerprint density at radius 2 is 2.00 bits per heavy atom. The molecule has 1 aromatic rings. The van der Waals surface area contributed by atoms with Crippen LogP contribution in [-0.4, -0.2) is 23.8 Å². The van der Waals surface area contributed by atoms with E-state index < -0.39 is 12.9 Å². The molecule has 0 saturated carbocycles. The van der Waals surface area contributed by atoms with Crippen LogP contribution in [-0.2, 0) is 11.3 Å². The van der Waals surface area contributed by atoms with Gasteiger partial charge in [0, 0.05) is 6.61 Å². The lowest BCUT2D eigenvalue weighted by atomic mass is 9.79. The van der Waals surface area contributed by atoms with Gasteiger partial charge in [-0.2, -0.15) is 0 Å². The highest BCUT2D eigenvalue weighted by molar-refractivity contribution is 6.58. The molecule has 0 radical (unpaired) electrons. The summed E-state index contributed by atoms with van der Waals surface area (Å²) >= 11 is 0. The first-order valence-corrected chi connectivity index (χ1v) is 6.22. The van der Waals surface area contributed by atoms with Gasteiger partial charge in [-0.15, -0.1) is 0 Å². The van der Waals surface area contributed by atoms with Crippen LogP contribution < -0.4 is 5.46 Å². The number of benzene rings is 1. The molecular formula is C13H20BFO3. The number of rotatable bonds is 7. The van der Waals surface area contributed by atoms with E-state index in [0.717, 1.165) is 18.9 Å². The molecule has 0 aliphatic rings. The summed E-state index contributed by atoms with van der Waals surface area (Å²) in [5, 5.41) is 18.0. The van der Waals surface area contributed by atoms with E-state index in [1.165, 1.54) is 12.1 Å². The van der Waals surface area contributed by atoms with E-state index in [9.17, 15) is 4.39 Å². The molecule has 0 atom stereocenters. The molecule has 0 fully saturated rings. The maximum absolute atomic E-state index is 13.2. The van der Waals surface area contributed by atoms with Crippen molar-refractivity contribution in [3.63, 3.8) is 0 Å². The largest absolute Gasteiger partial charge is 0.488 e. The second-order valence-electron chi connectivity index (χ2n) is 4.86. The van der Waals surface area contributed by atoms with Gasteiger partial charge >= 0.3 is 7.12 Å². The Labute approximate surface area is 108 Å². The van der Waals surface area contributed by atoms with Crippen molar-refractivity contribution in [1.82, 2.24) is 0 Å². The summed E-state index contributed by atoms with van der Waals surface area (Å²) in [6.07, 6.45) is 2.08. The molecule has 0 bridgehead atoms. The summed E-state index contributed by atoms with van der Waals surface area (Å²) in [5.41, 5.74) is 0.762. The molecule has 0 aromatic heterocycles. The van der Waals surface area contributed by atoms with Gasteiger partial charge in [-0.05, 0) is 41.9 Å². The molecule has 0 heterocycles. The predicted molar refractivity (Wildman–Crippen MR) is 70.0 cm³/mol. The second kappa shape index (κ2) is 7.51. The molecule has 100 valence electrons. The molecule has 18 heavy (non-hydrogen) atoms. The monoisotopic (exact) mass is 254 g/mol. The van der Waals surface area contributed by atoms with Crippen LogP contribution in [0, 0.1) is 11.7 Å². The maximum atomic E-state index is 13.2. The molecule has 5 heteroatoms. The normalized spacial score (nSPS) is 11.0. The molecule has 1 aromatic carbocycles. The number of ether oxygens (including phenoxy) is 1. The zero-order valence-electron chi connectivity index (χ0n) is 10.9. The van der Waals surface area contributed by atoms with Crippen LogP contribution in [0.4, 0.5) is 4.39 Å². The van der Waals surface area contributed by atoms with Gasteiger partial charge < -0.3 is 14.8 Å². The van der Waals surface area contributed by atoms with Crippen LogP contribution in [0.3, 0.4) is 0 Å². The molecule has 0 aliphatic carbocycles. The van der Waals surface area contributed by atoms with Gasteiger partial charge in [0.25, 0.3) is 0 Å². The zero-order valence-corrected chi connectivity index (χ0v) is 10.9. The van der Waals surface area contributed by atoms with Crippen molar-refractivity contribution >= 4 is 12.6 Å². The Balaban J connectivity index is 2.42. The topological polar surface area (TPSA) is 49.7 Å². The molecule has 1 rings (SSSR count). The third kappa shape index (κ3) is 5.62. The van der Waals surface area contributed by atoms with Crippen molar-refractivity contribution in [3.8, 4) is 0 Å². The summed E-state index contributed by atoms with van der Waals surface area (Å²) in [7, 11) is -1.65. The maximum Gasteiger partial charge on any atom is 0.488 e. The van der Waals surface area contributed by atoms with Gasteiger partial charge in [0.2, 0.25) is 0 Å².